The quantitative estimate of drug-likeness (QED) is 0.537. The van der Waals surface area contributed by atoms with E-state index >= 15 is 0 Å². The molecule has 7 atom stereocenters. The van der Waals surface area contributed by atoms with Gasteiger partial charge in [-0.3, -0.25) is 19.3 Å². The number of carbonyl (C=O) groups is 3. The number of imide groups is 1. The van der Waals surface area contributed by atoms with Crippen LogP contribution in [0, 0.1) is 17.8 Å². The first-order chi connectivity index (χ1) is 11.6. The molecule has 2 aliphatic carbocycles. The Kier molecular flexibility index (Phi) is 3.05. The number of Topliss-reactive ketones (excluding diaryl/α,β-unsaturated/α-hetero) is 1. The van der Waals surface area contributed by atoms with Gasteiger partial charge in [0.1, 0.15) is 12.2 Å². The fraction of sp³-hybridized carbons (Fsp3) is 0.706. The lowest BCUT2D eigenvalue weighted by molar-refractivity contribution is -0.142. The lowest BCUT2D eigenvalue weighted by Crippen LogP contribution is -2.47. The van der Waals surface area contributed by atoms with Crippen LogP contribution in [-0.4, -0.2) is 65.2 Å². The average Bonchev–Trinajstić information content (AvgIpc) is 3.17. The Labute approximate surface area is 138 Å². The number of allylic oxidation sites excluding steroid dienone is 1. The number of hydrogen-bond donors (Lipinski definition) is 1. The number of amides is 2. The van der Waals surface area contributed by atoms with Gasteiger partial charge in [0.25, 0.3) is 0 Å². The van der Waals surface area contributed by atoms with Gasteiger partial charge in [-0.15, -0.1) is 0 Å². The van der Waals surface area contributed by atoms with Crippen molar-refractivity contribution in [2.24, 2.45) is 17.8 Å². The molecule has 0 unspecified atom stereocenters. The van der Waals surface area contributed by atoms with Crippen molar-refractivity contribution in [3.05, 3.63) is 11.6 Å². The molecule has 1 saturated carbocycles. The van der Waals surface area contributed by atoms with Crippen molar-refractivity contribution in [1.29, 1.82) is 0 Å². The molecule has 0 aromatic heterocycles. The molecule has 7 heteroatoms. The Morgan fingerprint density at radius 2 is 2.04 bits per heavy atom. The average molecular weight is 333 g/mol. The minimum atomic E-state index is -0.897. The molecule has 5 rings (SSSR count). The summed E-state index contributed by atoms with van der Waals surface area (Å²) in [5.41, 5.74) is 0.475. The minimum absolute atomic E-state index is 0.0976. The molecule has 3 heterocycles. The lowest BCUT2D eigenvalue weighted by Gasteiger charge is -2.35. The van der Waals surface area contributed by atoms with E-state index in [0.29, 0.717) is 18.6 Å². The third-order valence-corrected chi connectivity index (χ3v) is 6.09. The molecule has 0 aromatic carbocycles. The number of aliphatic hydroxyl groups is 1. The Morgan fingerprint density at radius 1 is 1.21 bits per heavy atom. The molecule has 2 amide bonds. The van der Waals surface area contributed by atoms with Crippen LogP contribution < -0.4 is 0 Å². The summed E-state index contributed by atoms with van der Waals surface area (Å²) in [5.74, 6) is -2.36. The second-order valence-corrected chi connectivity index (χ2v) is 7.35. The first-order valence-electron chi connectivity index (χ1n) is 8.62. The van der Waals surface area contributed by atoms with Crippen LogP contribution in [0.1, 0.15) is 19.3 Å². The summed E-state index contributed by atoms with van der Waals surface area (Å²) in [6.45, 7) is 0.939. The zero-order valence-corrected chi connectivity index (χ0v) is 13.1. The van der Waals surface area contributed by atoms with Crippen LogP contribution in [0.4, 0.5) is 0 Å². The van der Waals surface area contributed by atoms with Crippen molar-refractivity contribution < 1.29 is 29.0 Å². The topological polar surface area (TPSA) is 96.4 Å². The van der Waals surface area contributed by atoms with Crippen molar-refractivity contribution in [1.82, 2.24) is 4.90 Å². The molecule has 4 fully saturated rings. The van der Waals surface area contributed by atoms with Crippen molar-refractivity contribution in [3.8, 4) is 0 Å². The molecular formula is C17H19NO6. The van der Waals surface area contributed by atoms with Gasteiger partial charge in [-0.1, -0.05) is 6.08 Å². The molecule has 5 aliphatic rings. The van der Waals surface area contributed by atoms with Crippen molar-refractivity contribution >= 4 is 17.6 Å². The van der Waals surface area contributed by atoms with E-state index in [1.165, 1.54) is 4.90 Å². The highest BCUT2D eigenvalue weighted by Crippen LogP contribution is 2.51. The summed E-state index contributed by atoms with van der Waals surface area (Å²) < 4.78 is 10.8. The number of rotatable bonds is 2. The Morgan fingerprint density at radius 3 is 2.79 bits per heavy atom. The molecule has 0 radical (unpaired) electrons. The van der Waals surface area contributed by atoms with E-state index in [4.69, 9.17) is 9.47 Å². The minimum Gasteiger partial charge on any atom is -0.390 e. The standard InChI is InChI=1S/C17H19NO6/c19-12-8-3-4-9-11(10(8)13(20)15-14(12)24-15)17(22)18(16(9)21)6-7-2-1-5-23-7/h3,7,9-11,13-15,20H,1-2,4-6H2/t7-,9+,10+,11-,13-,14+,15-/m0/s1. The maximum atomic E-state index is 12.9. The van der Waals surface area contributed by atoms with E-state index in [2.05, 4.69) is 0 Å². The molecule has 0 spiro atoms. The monoisotopic (exact) mass is 333 g/mol. The summed E-state index contributed by atoms with van der Waals surface area (Å²) in [4.78, 5) is 39.3. The van der Waals surface area contributed by atoms with Crippen LogP contribution in [0.5, 0.6) is 0 Å². The Hall–Kier alpha value is -1.57. The molecule has 3 aliphatic heterocycles. The van der Waals surface area contributed by atoms with Gasteiger partial charge < -0.3 is 14.6 Å². The summed E-state index contributed by atoms with van der Waals surface area (Å²) in [6.07, 6.45) is 1.82. The van der Waals surface area contributed by atoms with Gasteiger partial charge in [0.2, 0.25) is 11.8 Å². The van der Waals surface area contributed by atoms with Crippen LogP contribution in [-0.2, 0) is 23.9 Å². The third kappa shape index (κ3) is 1.86. The van der Waals surface area contributed by atoms with E-state index in [0.717, 1.165) is 12.8 Å². The molecule has 7 nitrogen and oxygen atoms in total. The number of aliphatic hydroxyl groups excluding tert-OH is 1. The Balaban J connectivity index is 1.45. The fourth-order valence-electron chi connectivity index (χ4n) is 4.85. The number of hydrogen-bond acceptors (Lipinski definition) is 6. The van der Waals surface area contributed by atoms with Crippen molar-refractivity contribution in [2.45, 2.75) is 43.7 Å². The van der Waals surface area contributed by atoms with E-state index in [1.807, 2.05) is 0 Å². The van der Waals surface area contributed by atoms with Crippen molar-refractivity contribution in [2.75, 3.05) is 13.2 Å². The number of ketones is 1. The highest BCUT2D eigenvalue weighted by Gasteiger charge is 2.65. The van der Waals surface area contributed by atoms with Gasteiger partial charge in [-0.25, -0.2) is 0 Å². The third-order valence-electron chi connectivity index (χ3n) is 6.09. The van der Waals surface area contributed by atoms with Gasteiger partial charge in [0.15, 0.2) is 5.78 Å². The number of nitrogens with zero attached hydrogens (tertiary/aromatic N) is 1. The first-order valence-corrected chi connectivity index (χ1v) is 8.62. The second kappa shape index (κ2) is 4.97. The van der Waals surface area contributed by atoms with Gasteiger partial charge in [0, 0.05) is 18.1 Å². The number of likely N-dealkylation sites (tertiary alicyclic amines) is 1. The zero-order valence-electron chi connectivity index (χ0n) is 13.1. The molecule has 0 bridgehead atoms. The first kappa shape index (κ1) is 14.7. The van der Waals surface area contributed by atoms with E-state index in [9.17, 15) is 19.5 Å². The Bertz CT molecular complexity index is 666. The number of ether oxygens (including phenoxy) is 2. The predicted octanol–water partition coefficient (Wildman–Crippen LogP) is -0.576. The van der Waals surface area contributed by atoms with E-state index < -0.39 is 36.1 Å². The molecule has 128 valence electrons. The maximum absolute atomic E-state index is 12.9. The van der Waals surface area contributed by atoms with Crippen LogP contribution in [0.15, 0.2) is 11.6 Å². The van der Waals surface area contributed by atoms with Crippen molar-refractivity contribution in [3.63, 3.8) is 0 Å². The molecule has 1 N–H and O–H groups in total. The molecule has 0 aromatic rings. The summed E-state index contributed by atoms with van der Waals surface area (Å²) in [6, 6.07) is 0. The maximum Gasteiger partial charge on any atom is 0.233 e. The summed E-state index contributed by atoms with van der Waals surface area (Å²) in [5, 5.41) is 10.5. The highest BCUT2D eigenvalue weighted by atomic mass is 16.6. The summed E-state index contributed by atoms with van der Waals surface area (Å²) >= 11 is 0. The van der Waals surface area contributed by atoms with Gasteiger partial charge in [0.05, 0.1) is 30.6 Å². The molecule has 3 saturated heterocycles. The number of fused-ring (bicyclic) bond motifs is 4. The fourth-order valence-corrected chi connectivity index (χ4v) is 4.85. The van der Waals surface area contributed by atoms with Crippen LogP contribution in [0.3, 0.4) is 0 Å². The van der Waals surface area contributed by atoms with Gasteiger partial charge >= 0.3 is 0 Å². The molecular weight excluding hydrogens is 314 g/mol. The normalized spacial score (nSPS) is 46.5. The smallest absolute Gasteiger partial charge is 0.233 e. The number of carbonyl (C=O) groups excluding carboxylic acids is 3. The lowest BCUT2D eigenvalue weighted by atomic mass is 9.66. The second-order valence-electron chi connectivity index (χ2n) is 7.35. The van der Waals surface area contributed by atoms with E-state index in [1.54, 1.807) is 6.08 Å². The zero-order chi connectivity index (χ0) is 16.6. The van der Waals surface area contributed by atoms with Crippen LogP contribution in [0.2, 0.25) is 0 Å². The van der Waals surface area contributed by atoms with Gasteiger partial charge in [-0.2, -0.15) is 0 Å². The van der Waals surface area contributed by atoms with Crippen LogP contribution in [0.25, 0.3) is 0 Å². The summed E-state index contributed by atoms with van der Waals surface area (Å²) in [7, 11) is 0. The van der Waals surface area contributed by atoms with Crippen LogP contribution >= 0.6 is 0 Å². The predicted molar refractivity (Wildman–Crippen MR) is 78.5 cm³/mol. The SMILES string of the molecule is O=C1C2=CC[C@H]3C(=O)N(C[C@@H]4CCCO4)C(=O)[C@@H]3[C@@H]2[C@H](O)[C@@H]2O[C@H]12. The largest absolute Gasteiger partial charge is 0.390 e. The van der Waals surface area contributed by atoms with E-state index in [-0.39, 0.29) is 30.2 Å². The van der Waals surface area contributed by atoms with Gasteiger partial charge in [-0.05, 0) is 19.3 Å². The molecule has 24 heavy (non-hydrogen) atoms. The number of epoxide rings is 1. The highest BCUT2D eigenvalue weighted by molar-refractivity contribution is 6.09.